The van der Waals surface area contributed by atoms with E-state index in [4.69, 9.17) is 10.5 Å². The third kappa shape index (κ3) is 3.17. The van der Waals surface area contributed by atoms with Gasteiger partial charge in [0.05, 0.1) is 13.2 Å². The van der Waals surface area contributed by atoms with Gasteiger partial charge in [0.1, 0.15) is 5.75 Å². The second-order valence-corrected chi connectivity index (χ2v) is 8.16. The Hall–Kier alpha value is -1.55. The molecule has 1 aliphatic heterocycles. The monoisotopic (exact) mass is 342 g/mol. The van der Waals surface area contributed by atoms with Crippen molar-refractivity contribution in [2.75, 3.05) is 13.7 Å². The highest BCUT2D eigenvalue weighted by Crippen LogP contribution is 2.44. The fraction of sp³-hybridized carbons (Fsp3) is 0.667. The molecule has 0 aromatic heterocycles. The summed E-state index contributed by atoms with van der Waals surface area (Å²) < 4.78 is 5.26. The maximum absolute atomic E-state index is 13.3. The van der Waals surface area contributed by atoms with Crippen molar-refractivity contribution in [1.82, 2.24) is 4.90 Å². The molecule has 136 valence electrons. The van der Waals surface area contributed by atoms with Gasteiger partial charge in [0.25, 0.3) is 0 Å². The molecule has 1 aromatic rings. The van der Waals surface area contributed by atoms with Crippen LogP contribution in [-0.2, 0) is 4.79 Å². The minimum atomic E-state index is 0.189. The number of hydrogen-bond acceptors (Lipinski definition) is 3. The lowest BCUT2D eigenvalue weighted by Gasteiger charge is -2.44. The van der Waals surface area contributed by atoms with Crippen molar-refractivity contribution in [1.29, 1.82) is 0 Å². The smallest absolute Gasteiger partial charge is 0.226 e. The summed E-state index contributed by atoms with van der Waals surface area (Å²) in [5.74, 6) is 2.55. The number of rotatable bonds is 3. The van der Waals surface area contributed by atoms with Crippen molar-refractivity contribution in [3.05, 3.63) is 29.8 Å². The molecular weight excluding hydrogens is 312 g/mol. The first kappa shape index (κ1) is 16.9. The van der Waals surface area contributed by atoms with Crippen molar-refractivity contribution in [2.24, 2.45) is 23.5 Å². The summed E-state index contributed by atoms with van der Waals surface area (Å²) in [4.78, 5) is 15.5. The molecule has 1 saturated heterocycles. The first-order valence-corrected chi connectivity index (χ1v) is 9.87. The zero-order chi connectivity index (χ0) is 17.4. The Labute approximate surface area is 150 Å². The van der Waals surface area contributed by atoms with Crippen LogP contribution in [0.15, 0.2) is 24.3 Å². The van der Waals surface area contributed by atoms with Crippen LogP contribution in [0.5, 0.6) is 5.75 Å². The van der Waals surface area contributed by atoms with Crippen molar-refractivity contribution in [2.45, 2.75) is 57.0 Å². The molecule has 3 fully saturated rings. The molecule has 2 N–H and O–H groups in total. The second kappa shape index (κ2) is 6.99. The number of nitrogens with two attached hydrogens (primary N) is 1. The summed E-state index contributed by atoms with van der Waals surface area (Å²) in [5.41, 5.74) is 7.64. The molecular formula is C21H30N2O2. The second-order valence-electron chi connectivity index (χ2n) is 8.16. The zero-order valence-electron chi connectivity index (χ0n) is 15.2. The highest BCUT2D eigenvalue weighted by molar-refractivity contribution is 5.80. The molecule has 1 amide bonds. The number of carbonyl (C=O) groups excluding carboxylic acids is 1. The van der Waals surface area contributed by atoms with Crippen LogP contribution in [-0.4, -0.2) is 30.5 Å². The van der Waals surface area contributed by atoms with E-state index in [0.29, 0.717) is 23.8 Å². The Kier molecular flexibility index (Phi) is 4.72. The molecule has 3 unspecified atom stereocenters. The van der Waals surface area contributed by atoms with Gasteiger partial charge in [-0.05, 0) is 68.1 Å². The minimum absolute atomic E-state index is 0.189. The van der Waals surface area contributed by atoms with E-state index in [-0.39, 0.29) is 12.0 Å². The molecule has 0 radical (unpaired) electrons. The summed E-state index contributed by atoms with van der Waals surface area (Å²) in [6, 6.07) is 8.78. The van der Waals surface area contributed by atoms with Crippen LogP contribution in [0.3, 0.4) is 0 Å². The highest BCUT2D eigenvalue weighted by Gasteiger charge is 2.43. The van der Waals surface area contributed by atoms with Crippen molar-refractivity contribution in [3.63, 3.8) is 0 Å². The fourth-order valence-electron chi connectivity index (χ4n) is 5.43. The summed E-state index contributed by atoms with van der Waals surface area (Å²) in [6.07, 6.45) is 7.89. The molecule has 1 aromatic carbocycles. The third-order valence-corrected chi connectivity index (χ3v) is 6.80. The molecule has 0 spiro atoms. The standard InChI is InChI=1S/C21H30N2O2/c1-25-18-9-7-14(8-10-18)19-6-3-11-23(19)21(24)17-12-15-4-2-5-16(13-17)20(15)22/h7-10,15-17,19-20H,2-6,11-13,22H2,1H3. The van der Waals surface area contributed by atoms with Crippen LogP contribution in [0.2, 0.25) is 0 Å². The molecule has 2 bridgehead atoms. The Bertz CT molecular complexity index is 601. The average Bonchev–Trinajstić information content (AvgIpc) is 3.10. The van der Waals surface area contributed by atoms with E-state index in [9.17, 15) is 4.79 Å². The number of likely N-dealkylation sites (tertiary alicyclic amines) is 1. The number of benzene rings is 1. The maximum Gasteiger partial charge on any atom is 0.226 e. The molecule has 3 aliphatic rings. The summed E-state index contributed by atoms with van der Waals surface area (Å²) in [6.45, 7) is 0.896. The van der Waals surface area contributed by atoms with Gasteiger partial charge >= 0.3 is 0 Å². The molecule has 3 atom stereocenters. The number of carbonyl (C=O) groups is 1. The van der Waals surface area contributed by atoms with E-state index in [1.807, 2.05) is 12.1 Å². The van der Waals surface area contributed by atoms with E-state index in [2.05, 4.69) is 17.0 Å². The van der Waals surface area contributed by atoms with E-state index in [1.54, 1.807) is 7.11 Å². The van der Waals surface area contributed by atoms with E-state index < -0.39 is 0 Å². The van der Waals surface area contributed by atoms with Crippen LogP contribution in [0.25, 0.3) is 0 Å². The molecule has 4 rings (SSSR count). The van der Waals surface area contributed by atoms with Crippen LogP contribution in [0.1, 0.15) is 56.6 Å². The number of amides is 1. The lowest BCUT2D eigenvalue weighted by Crippen LogP contribution is -2.49. The fourth-order valence-corrected chi connectivity index (χ4v) is 5.43. The Balaban J connectivity index is 1.49. The van der Waals surface area contributed by atoms with Gasteiger partial charge in [0.15, 0.2) is 0 Å². The van der Waals surface area contributed by atoms with Gasteiger partial charge in [-0.2, -0.15) is 0 Å². The van der Waals surface area contributed by atoms with Crippen LogP contribution in [0.4, 0.5) is 0 Å². The minimum Gasteiger partial charge on any atom is -0.497 e. The van der Waals surface area contributed by atoms with Gasteiger partial charge in [-0.3, -0.25) is 4.79 Å². The predicted molar refractivity (Wildman–Crippen MR) is 98.2 cm³/mol. The van der Waals surface area contributed by atoms with Crippen molar-refractivity contribution < 1.29 is 9.53 Å². The average molecular weight is 342 g/mol. The number of nitrogens with zero attached hydrogens (tertiary/aromatic N) is 1. The molecule has 2 aliphatic carbocycles. The van der Waals surface area contributed by atoms with Crippen LogP contribution in [0, 0.1) is 17.8 Å². The van der Waals surface area contributed by atoms with Gasteiger partial charge in [0, 0.05) is 18.5 Å². The van der Waals surface area contributed by atoms with Crippen molar-refractivity contribution in [3.8, 4) is 5.75 Å². The van der Waals surface area contributed by atoms with E-state index in [0.717, 1.165) is 38.0 Å². The van der Waals surface area contributed by atoms with Gasteiger partial charge in [-0.15, -0.1) is 0 Å². The van der Waals surface area contributed by atoms with Crippen molar-refractivity contribution >= 4 is 5.91 Å². The number of methoxy groups -OCH3 is 1. The number of fused-ring (bicyclic) bond motifs is 2. The first-order valence-electron chi connectivity index (χ1n) is 9.87. The lowest BCUT2D eigenvalue weighted by molar-refractivity contribution is -0.139. The van der Waals surface area contributed by atoms with Gasteiger partial charge in [-0.25, -0.2) is 0 Å². The first-order chi connectivity index (χ1) is 12.2. The van der Waals surface area contributed by atoms with E-state index in [1.165, 1.54) is 24.8 Å². The molecule has 4 nitrogen and oxygen atoms in total. The summed E-state index contributed by atoms with van der Waals surface area (Å²) >= 11 is 0. The zero-order valence-corrected chi connectivity index (χ0v) is 15.2. The van der Waals surface area contributed by atoms with Gasteiger partial charge in [-0.1, -0.05) is 18.6 Å². The van der Waals surface area contributed by atoms with Gasteiger partial charge in [0.2, 0.25) is 5.91 Å². The Morgan fingerprint density at radius 1 is 1.08 bits per heavy atom. The SMILES string of the molecule is COc1ccc(C2CCCN2C(=O)C2CC3CCCC(C2)C3N)cc1. The van der Waals surface area contributed by atoms with Gasteiger partial charge < -0.3 is 15.4 Å². The Morgan fingerprint density at radius 3 is 2.40 bits per heavy atom. The summed E-state index contributed by atoms with van der Waals surface area (Å²) in [7, 11) is 1.69. The predicted octanol–water partition coefficient (Wildman–Crippen LogP) is 3.51. The normalized spacial score (nSPS) is 34.8. The van der Waals surface area contributed by atoms with Crippen LogP contribution < -0.4 is 10.5 Å². The lowest BCUT2D eigenvalue weighted by atomic mass is 9.65. The summed E-state index contributed by atoms with van der Waals surface area (Å²) in [5, 5.41) is 0. The molecule has 1 heterocycles. The molecule has 25 heavy (non-hydrogen) atoms. The molecule has 4 heteroatoms. The quantitative estimate of drug-likeness (QED) is 0.914. The number of hydrogen-bond donors (Lipinski definition) is 1. The largest absolute Gasteiger partial charge is 0.497 e. The third-order valence-electron chi connectivity index (χ3n) is 6.80. The topological polar surface area (TPSA) is 55.6 Å². The Morgan fingerprint density at radius 2 is 1.76 bits per heavy atom. The molecule has 2 saturated carbocycles. The van der Waals surface area contributed by atoms with Crippen LogP contribution >= 0.6 is 0 Å². The number of ether oxygens (including phenoxy) is 1. The van der Waals surface area contributed by atoms with E-state index >= 15 is 0 Å². The highest BCUT2D eigenvalue weighted by atomic mass is 16.5. The maximum atomic E-state index is 13.3.